The Morgan fingerprint density at radius 2 is 1.81 bits per heavy atom. The third-order valence-electron chi connectivity index (χ3n) is 5.59. The van der Waals surface area contributed by atoms with Crippen LogP contribution in [0, 0.1) is 5.82 Å². The second-order valence-electron chi connectivity index (χ2n) is 7.26. The van der Waals surface area contributed by atoms with E-state index in [1.54, 1.807) is 12.1 Å². The van der Waals surface area contributed by atoms with E-state index in [-0.39, 0.29) is 11.7 Å². The monoisotopic (exact) mass is 395 g/mol. The van der Waals surface area contributed by atoms with Crippen LogP contribution in [0.3, 0.4) is 0 Å². The molecule has 3 aliphatic rings. The molecular formula is C19H26FN3OS2. The maximum atomic E-state index is 12.9. The van der Waals surface area contributed by atoms with Crippen LogP contribution in [0.5, 0.6) is 0 Å². The number of hydrogen-bond acceptors (Lipinski definition) is 5. The van der Waals surface area contributed by atoms with Gasteiger partial charge in [-0.25, -0.2) is 4.39 Å². The predicted octanol–water partition coefficient (Wildman–Crippen LogP) is 2.76. The third kappa shape index (κ3) is 4.38. The van der Waals surface area contributed by atoms with Crippen LogP contribution in [0.25, 0.3) is 0 Å². The fourth-order valence-corrected chi connectivity index (χ4v) is 7.64. The molecule has 0 radical (unpaired) electrons. The lowest BCUT2D eigenvalue weighted by Crippen LogP contribution is -2.54. The number of nitrogens with zero attached hydrogens (tertiary/aromatic N) is 2. The van der Waals surface area contributed by atoms with E-state index in [1.807, 2.05) is 0 Å². The van der Waals surface area contributed by atoms with E-state index >= 15 is 0 Å². The molecular weight excluding hydrogens is 369 g/mol. The van der Waals surface area contributed by atoms with Gasteiger partial charge in [0, 0.05) is 59.9 Å². The molecule has 2 saturated heterocycles. The van der Waals surface area contributed by atoms with Crippen molar-refractivity contribution < 1.29 is 9.18 Å². The normalized spacial score (nSPS) is 30.1. The highest BCUT2D eigenvalue weighted by molar-refractivity contribution is 8.07. The minimum Gasteiger partial charge on any atom is -0.325 e. The van der Waals surface area contributed by atoms with Crippen molar-refractivity contribution in [1.82, 2.24) is 9.80 Å². The fraction of sp³-hybridized carbons (Fsp3) is 0.632. The SMILES string of the molecule is O=C(CN1CCN(C2CCC3SCCSC32)CC1)Nc1ccc(F)cc1. The van der Waals surface area contributed by atoms with Gasteiger partial charge in [-0.1, -0.05) is 0 Å². The van der Waals surface area contributed by atoms with Crippen molar-refractivity contribution in [3.8, 4) is 0 Å². The molecule has 4 nitrogen and oxygen atoms in total. The Bertz CT molecular complexity index is 622. The number of rotatable bonds is 4. The van der Waals surface area contributed by atoms with Crippen molar-refractivity contribution in [2.75, 3.05) is 49.5 Å². The summed E-state index contributed by atoms with van der Waals surface area (Å²) in [6.07, 6.45) is 2.70. The summed E-state index contributed by atoms with van der Waals surface area (Å²) in [5.74, 6) is 2.30. The van der Waals surface area contributed by atoms with Gasteiger partial charge in [0.05, 0.1) is 6.54 Å². The van der Waals surface area contributed by atoms with Gasteiger partial charge >= 0.3 is 0 Å². The Kier molecular flexibility index (Phi) is 6.08. The van der Waals surface area contributed by atoms with Gasteiger partial charge in [0.15, 0.2) is 0 Å². The minimum atomic E-state index is -0.289. The summed E-state index contributed by atoms with van der Waals surface area (Å²) >= 11 is 4.36. The number of benzene rings is 1. The molecule has 3 unspecified atom stereocenters. The molecule has 3 fully saturated rings. The number of amides is 1. The summed E-state index contributed by atoms with van der Waals surface area (Å²) in [4.78, 5) is 17.1. The first-order valence-corrected chi connectivity index (χ1v) is 11.5. The van der Waals surface area contributed by atoms with Gasteiger partial charge in [0.1, 0.15) is 5.82 Å². The number of piperazine rings is 1. The van der Waals surface area contributed by atoms with Crippen molar-refractivity contribution in [2.24, 2.45) is 0 Å². The standard InChI is InChI=1S/C19H26FN3OS2/c20-14-1-3-15(4-2-14)21-18(24)13-22-7-9-23(10-8-22)16-5-6-17-19(16)26-12-11-25-17/h1-4,16-17,19H,5-13H2,(H,21,24). The summed E-state index contributed by atoms with van der Waals surface area (Å²) < 4.78 is 12.9. The third-order valence-corrected chi connectivity index (χ3v) is 8.88. The van der Waals surface area contributed by atoms with Crippen molar-refractivity contribution >= 4 is 35.1 Å². The second-order valence-corrected chi connectivity index (χ2v) is 9.89. The lowest BCUT2D eigenvalue weighted by atomic mass is 10.1. The van der Waals surface area contributed by atoms with E-state index in [2.05, 4.69) is 38.6 Å². The number of thioether (sulfide) groups is 2. The molecule has 2 aliphatic heterocycles. The molecule has 4 rings (SSSR count). The highest BCUT2D eigenvalue weighted by atomic mass is 32.2. The predicted molar refractivity (Wildman–Crippen MR) is 109 cm³/mol. The Labute approximate surface area is 163 Å². The first-order valence-electron chi connectivity index (χ1n) is 9.44. The topological polar surface area (TPSA) is 35.6 Å². The van der Waals surface area contributed by atoms with Crippen LogP contribution >= 0.6 is 23.5 Å². The van der Waals surface area contributed by atoms with Gasteiger partial charge in [-0.15, -0.1) is 0 Å². The van der Waals surface area contributed by atoms with E-state index in [4.69, 9.17) is 0 Å². The zero-order valence-corrected chi connectivity index (χ0v) is 16.5. The smallest absolute Gasteiger partial charge is 0.238 e. The summed E-state index contributed by atoms with van der Waals surface area (Å²) in [5.41, 5.74) is 0.652. The summed E-state index contributed by atoms with van der Waals surface area (Å²) in [6.45, 7) is 4.42. The van der Waals surface area contributed by atoms with E-state index in [0.29, 0.717) is 12.2 Å². The number of carbonyl (C=O) groups excluding carboxylic acids is 1. The average Bonchev–Trinajstić information content (AvgIpc) is 3.08. The fourth-order valence-electron chi connectivity index (χ4n) is 4.27. The van der Waals surface area contributed by atoms with Crippen molar-refractivity contribution in [3.05, 3.63) is 30.1 Å². The number of carbonyl (C=O) groups is 1. The molecule has 0 aromatic heterocycles. The van der Waals surface area contributed by atoms with E-state index in [1.165, 1.54) is 36.5 Å². The van der Waals surface area contributed by atoms with Gasteiger partial charge in [-0.2, -0.15) is 23.5 Å². The Balaban J connectivity index is 1.23. The van der Waals surface area contributed by atoms with Crippen molar-refractivity contribution in [2.45, 2.75) is 29.4 Å². The van der Waals surface area contributed by atoms with E-state index in [9.17, 15) is 9.18 Å². The molecule has 1 N–H and O–H groups in total. The molecule has 1 amide bonds. The lowest BCUT2D eigenvalue weighted by Gasteiger charge is -2.41. The first kappa shape index (κ1) is 18.6. The quantitative estimate of drug-likeness (QED) is 0.848. The molecule has 1 saturated carbocycles. The molecule has 1 aromatic rings. The van der Waals surface area contributed by atoms with Crippen molar-refractivity contribution in [3.63, 3.8) is 0 Å². The van der Waals surface area contributed by atoms with E-state index in [0.717, 1.165) is 42.7 Å². The van der Waals surface area contributed by atoms with E-state index < -0.39 is 0 Å². The van der Waals surface area contributed by atoms with Crippen LogP contribution in [0.2, 0.25) is 0 Å². The summed E-state index contributed by atoms with van der Waals surface area (Å²) in [5, 5.41) is 4.52. The highest BCUT2D eigenvalue weighted by Crippen LogP contribution is 2.44. The highest BCUT2D eigenvalue weighted by Gasteiger charge is 2.42. The molecule has 1 aliphatic carbocycles. The minimum absolute atomic E-state index is 0.0229. The van der Waals surface area contributed by atoms with Crippen LogP contribution in [0.15, 0.2) is 24.3 Å². The van der Waals surface area contributed by atoms with Crippen LogP contribution < -0.4 is 5.32 Å². The Hall–Kier alpha value is -0.760. The molecule has 2 heterocycles. The summed E-state index contributed by atoms with van der Waals surface area (Å²) in [6, 6.07) is 6.66. The number of anilines is 1. The van der Waals surface area contributed by atoms with Crippen molar-refractivity contribution in [1.29, 1.82) is 0 Å². The molecule has 26 heavy (non-hydrogen) atoms. The number of fused-ring (bicyclic) bond motifs is 1. The van der Waals surface area contributed by atoms with Crippen LogP contribution in [-0.4, -0.2) is 76.5 Å². The number of halogens is 1. The first-order chi connectivity index (χ1) is 12.7. The molecule has 142 valence electrons. The van der Waals surface area contributed by atoms with Crippen LogP contribution in [0.4, 0.5) is 10.1 Å². The van der Waals surface area contributed by atoms with Gasteiger partial charge in [-0.05, 0) is 37.1 Å². The average molecular weight is 396 g/mol. The van der Waals surface area contributed by atoms with Crippen LogP contribution in [-0.2, 0) is 4.79 Å². The molecule has 7 heteroatoms. The summed E-state index contributed by atoms with van der Waals surface area (Å²) in [7, 11) is 0. The van der Waals surface area contributed by atoms with Gasteiger partial charge in [0.25, 0.3) is 0 Å². The number of nitrogens with one attached hydrogen (secondary N) is 1. The van der Waals surface area contributed by atoms with Gasteiger partial charge in [-0.3, -0.25) is 14.6 Å². The Morgan fingerprint density at radius 1 is 1.08 bits per heavy atom. The molecule has 0 bridgehead atoms. The molecule has 3 atom stereocenters. The van der Waals surface area contributed by atoms with Crippen LogP contribution in [0.1, 0.15) is 12.8 Å². The van der Waals surface area contributed by atoms with Gasteiger partial charge in [0.2, 0.25) is 5.91 Å². The molecule has 1 aromatic carbocycles. The number of hydrogen-bond donors (Lipinski definition) is 1. The molecule has 0 spiro atoms. The zero-order valence-electron chi connectivity index (χ0n) is 14.9. The zero-order chi connectivity index (χ0) is 17.9. The maximum Gasteiger partial charge on any atom is 0.238 e. The van der Waals surface area contributed by atoms with Gasteiger partial charge < -0.3 is 5.32 Å². The lowest BCUT2D eigenvalue weighted by molar-refractivity contribution is -0.117. The Morgan fingerprint density at radius 3 is 2.58 bits per heavy atom. The second kappa shape index (κ2) is 8.50. The largest absolute Gasteiger partial charge is 0.325 e. The maximum absolute atomic E-state index is 12.9.